The van der Waals surface area contributed by atoms with Crippen molar-refractivity contribution in [2.24, 2.45) is 5.73 Å². The number of hydrogen-bond acceptors (Lipinski definition) is 2. The summed E-state index contributed by atoms with van der Waals surface area (Å²) in [5, 5.41) is 0. The minimum Gasteiger partial charge on any atom is -0.489 e. The molecule has 1 atom stereocenters. The zero-order valence-corrected chi connectivity index (χ0v) is 11.1. The van der Waals surface area contributed by atoms with E-state index in [2.05, 4.69) is 38.1 Å². The van der Waals surface area contributed by atoms with Crippen molar-refractivity contribution in [2.45, 2.75) is 52.1 Å². The zero-order chi connectivity index (χ0) is 12.5. The van der Waals surface area contributed by atoms with Gasteiger partial charge in [0.15, 0.2) is 0 Å². The summed E-state index contributed by atoms with van der Waals surface area (Å²) in [6, 6.07) is 8.43. The van der Waals surface area contributed by atoms with Crippen LogP contribution in [0.4, 0.5) is 0 Å². The third-order valence-corrected chi connectivity index (χ3v) is 2.92. The number of nitrogens with two attached hydrogens (primary N) is 1. The first kappa shape index (κ1) is 14.0. The highest BCUT2D eigenvalue weighted by Gasteiger charge is 2.06. The van der Waals surface area contributed by atoms with Crippen LogP contribution >= 0.6 is 0 Å². The molecule has 0 aliphatic heterocycles. The van der Waals surface area contributed by atoms with Gasteiger partial charge in [-0.2, -0.15) is 0 Å². The normalized spacial score (nSPS) is 12.4. The predicted molar refractivity (Wildman–Crippen MR) is 73.4 cm³/mol. The van der Waals surface area contributed by atoms with Crippen molar-refractivity contribution in [1.29, 1.82) is 0 Å². The van der Waals surface area contributed by atoms with Gasteiger partial charge >= 0.3 is 0 Å². The summed E-state index contributed by atoms with van der Waals surface area (Å²) < 4.78 is 5.84. The van der Waals surface area contributed by atoms with Crippen molar-refractivity contribution in [3.8, 4) is 5.75 Å². The Morgan fingerprint density at radius 2 is 1.82 bits per heavy atom. The van der Waals surface area contributed by atoms with Crippen molar-refractivity contribution in [3.05, 3.63) is 29.8 Å². The molecule has 0 aliphatic carbocycles. The third kappa shape index (κ3) is 5.22. The Bertz CT molecular complexity index is 294. The Morgan fingerprint density at radius 1 is 1.12 bits per heavy atom. The lowest BCUT2D eigenvalue weighted by molar-refractivity contribution is 0.198. The van der Waals surface area contributed by atoms with Gasteiger partial charge in [0, 0.05) is 6.54 Å². The Hall–Kier alpha value is -1.02. The first-order valence-electron chi connectivity index (χ1n) is 6.75. The molecule has 0 spiro atoms. The van der Waals surface area contributed by atoms with Gasteiger partial charge in [-0.1, -0.05) is 38.8 Å². The van der Waals surface area contributed by atoms with Crippen LogP contribution in [-0.4, -0.2) is 12.6 Å². The van der Waals surface area contributed by atoms with E-state index in [1.54, 1.807) is 0 Å². The second kappa shape index (κ2) is 8.13. The van der Waals surface area contributed by atoms with Gasteiger partial charge in [0.25, 0.3) is 0 Å². The van der Waals surface area contributed by atoms with Crippen LogP contribution in [0.15, 0.2) is 24.3 Å². The average Bonchev–Trinajstić information content (AvgIpc) is 2.37. The summed E-state index contributed by atoms with van der Waals surface area (Å²) in [5.41, 5.74) is 7.07. The first-order valence-corrected chi connectivity index (χ1v) is 6.75. The number of unbranched alkanes of at least 4 members (excludes halogenated alkanes) is 1. The number of hydrogen-bond donors (Lipinski definition) is 1. The van der Waals surface area contributed by atoms with Crippen LogP contribution in [0.1, 0.15) is 45.1 Å². The number of rotatable bonds is 8. The number of aryl methyl sites for hydroxylation is 1. The Labute approximate surface area is 105 Å². The molecule has 1 aromatic rings. The van der Waals surface area contributed by atoms with Gasteiger partial charge in [0.05, 0.1) is 0 Å². The van der Waals surface area contributed by atoms with Crippen molar-refractivity contribution in [3.63, 3.8) is 0 Å². The standard InChI is InChI=1S/C15H25NO/c1-3-5-7-13-8-10-14(11-9-13)17-15(12-16)6-4-2/h8-11,15H,3-7,12,16H2,1-2H3. The molecule has 96 valence electrons. The lowest BCUT2D eigenvalue weighted by atomic mass is 10.1. The Morgan fingerprint density at radius 3 is 2.35 bits per heavy atom. The van der Waals surface area contributed by atoms with Crippen LogP contribution in [0.25, 0.3) is 0 Å². The molecule has 0 aliphatic rings. The molecule has 2 N–H and O–H groups in total. The van der Waals surface area contributed by atoms with Crippen LogP contribution in [0.5, 0.6) is 5.75 Å². The molecule has 0 saturated carbocycles. The fourth-order valence-corrected chi connectivity index (χ4v) is 1.85. The highest BCUT2D eigenvalue weighted by molar-refractivity contribution is 5.27. The van der Waals surface area contributed by atoms with E-state index in [0.29, 0.717) is 6.54 Å². The molecular weight excluding hydrogens is 210 g/mol. The van der Waals surface area contributed by atoms with Gasteiger partial charge in [-0.05, 0) is 37.0 Å². The highest BCUT2D eigenvalue weighted by atomic mass is 16.5. The van der Waals surface area contributed by atoms with Crippen LogP contribution in [0.3, 0.4) is 0 Å². The van der Waals surface area contributed by atoms with E-state index in [0.717, 1.165) is 25.0 Å². The van der Waals surface area contributed by atoms with E-state index in [9.17, 15) is 0 Å². The van der Waals surface area contributed by atoms with E-state index in [4.69, 9.17) is 10.5 Å². The van der Waals surface area contributed by atoms with Crippen molar-refractivity contribution >= 4 is 0 Å². The minimum atomic E-state index is 0.154. The highest BCUT2D eigenvalue weighted by Crippen LogP contribution is 2.16. The quantitative estimate of drug-likeness (QED) is 0.748. The topological polar surface area (TPSA) is 35.2 Å². The molecule has 0 heterocycles. The molecule has 1 rings (SSSR count). The zero-order valence-electron chi connectivity index (χ0n) is 11.1. The Kier molecular flexibility index (Phi) is 6.71. The summed E-state index contributed by atoms with van der Waals surface area (Å²) in [4.78, 5) is 0. The third-order valence-electron chi connectivity index (χ3n) is 2.92. The maximum absolute atomic E-state index is 5.84. The molecule has 0 aromatic heterocycles. The minimum absolute atomic E-state index is 0.154. The van der Waals surface area contributed by atoms with E-state index >= 15 is 0 Å². The predicted octanol–water partition coefficient (Wildman–Crippen LogP) is 3.54. The monoisotopic (exact) mass is 235 g/mol. The van der Waals surface area contributed by atoms with Gasteiger partial charge < -0.3 is 10.5 Å². The smallest absolute Gasteiger partial charge is 0.119 e. The summed E-state index contributed by atoms with van der Waals surface area (Å²) in [7, 11) is 0. The van der Waals surface area contributed by atoms with Crippen molar-refractivity contribution in [1.82, 2.24) is 0 Å². The fourth-order valence-electron chi connectivity index (χ4n) is 1.85. The number of ether oxygens (including phenoxy) is 1. The SMILES string of the molecule is CCCCc1ccc(OC(CN)CCC)cc1. The summed E-state index contributed by atoms with van der Waals surface area (Å²) >= 11 is 0. The molecule has 2 heteroatoms. The first-order chi connectivity index (χ1) is 8.30. The average molecular weight is 235 g/mol. The molecule has 0 radical (unpaired) electrons. The van der Waals surface area contributed by atoms with E-state index in [-0.39, 0.29) is 6.10 Å². The van der Waals surface area contributed by atoms with Crippen molar-refractivity contribution < 1.29 is 4.74 Å². The molecule has 0 fully saturated rings. The summed E-state index contributed by atoms with van der Waals surface area (Å²) in [6.07, 6.45) is 5.93. The van der Waals surface area contributed by atoms with Crippen molar-refractivity contribution in [2.75, 3.05) is 6.54 Å². The molecule has 0 amide bonds. The largest absolute Gasteiger partial charge is 0.489 e. The van der Waals surface area contributed by atoms with Crippen LogP contribution in [0.2, 0.25) is 0 Å². The van der Waals surface area contributed by atoms with E-state index in [1.165, 1.54) is 18.4 Å². The van der Waals surface area contributed by atoms with Gasteiger partial charge in [-0.3, -0.25) is 0 Å². The van der Waals surface area contributed by atoms with Crippen LogP contribution in [0, 0.1) is 0 Å². The van der Waals surface area contributed by atoms with Gasteiger partial charge in [0.1, 0.15) is 11.9 Å². The fraction of sp³-hybridized carbons (Fsp3) is 0.600. The lowest BCUT2D eigenvalue weighted by Crippen LogP contribution is -2.26. The van der Waals surface area contributed by atoms with E-state index < -0.39 is 0 Å². The molecule has 0 saturated heterocycles. The van der Waals surface area contributed by atoms with Gasteiger partial charge in [0.2, 0.25) is 0 Å². The molecule has 17 heavy (non-hydrogen) atoms. The molecule has 2 nitrogen and oxygen atoms in total. The molecular formula is C15H25NO. The molecule has 1 unspecified atom stereocenters. The van der Waals surface area contributed by atoms with E-state index in [1.807, 2.05) is 0 Å². The lowest BCUT2D eigenvalue weighted by Gasteiger charge is -2.16. The van der Waals surface area contributed by atoms with Gasteiger partial charge in [-0.15, -0.1) is 0 Å². The summed E-state index contributed by atoms with van der Waals surface area (Å²) in [6.45, 7) is 4.96. The Balaban J connectivity index is 2.49. The molecule has 0 bridgehead atoms. The maximum atomic E-state index is 5.84. The van der Waals surface area contributed by atoms with Crippen LogP contribution < -0.4 is 10.5 Å². The van der Waals surface area contributed by atoms with Crippen LogP contribution in [-0.2, 0) is 6.42 Å². The van der Waals surface area contributed by atoms with Gasteiger partial charge in [-0.25, -0.2) is 0 Å². The molecule has 1 aromatic carbocycles. The maximum Gasteiger partial charge on any atom is 0.119 e. The second-order valence-electron chi connectivity index (χ2n) is 4.51. The number of benzene rings is 1. The second-order valence-corrected chi connectivity index (χ2v) is 4.51. The summed E-state index contributed by atoms with van der Waals surface area (Å²) in [5.74, 6) is 0.939.